The quantitative estimate of drug-likeness (QED) is 0.796. The zero-order valence-electron chi connectivity index (χ0n) is 11.3. The van der Waals surface area contributed by atoms with Gasteiger partial charge in [0.1, 0.15) is 0 Å². The fourth-order valence-electron chi connectivity index (χ4n) is 2.82. The van der Waals surface area contributed by atoms with Crippen molar-refractivity contribution in [3.8, 4) is 0 Å². The van der Waals surface area contributed by atoms with Crippen molar-refractivity contribution in [3.63, 3.8) is 0 Å². The second-order valence-corrected chi connectivity index (χ2v) is 5.47. The van der Waals surface area contributed by atoms with Gasteiger partial charge in [0.25, 0.3) is 5.91 Å². The van der Waals surface area contributed by atoms with Gasteiger partial charge >= 0.3 is 0 Å². The summed E-state index contributed by atoms with van der Waals surface area (Å²) in [4.78, 5) is 14.6. The smallest absolute Gasteiger partial charge is 0.259 e. The van der Waals surface area contributed by atoms with Crippen molar-refractivity contribution < 1.29 is 4.79 Å². The van der Waals surface area contributed by atoms with Crippen molar-refractivity contribution in [2.24, 2.45) is 0 Å². The van der Waals surface area contributed by atoms with E-state index >= 15 is 0 Å². The normalized spacial score (nSPS) is 17.1. The van der Waals surface area contributed by atoms with E-state index in [1.807, 2.05) is 35.2 Å². The van der Waals surface area contributed by atoms with Gasteiger partial charge < -0.3 is 4.90 Å². The van der Waals surface area contributed by atoms with Crippen molar-refractivity contribution in [1.29, 1.82) is 0 Å². The Morgan fingerprint density at radius 1 is 1.20 bits per heavy atom. The first kappa shape index (κ1) is 13.2. The van der Waals surface area contributed by atoms with Gasteiger partial charge in [0.2, 0.25) is 0 Å². The van der Waals surface area contributed by atoms with Crippen molar-refractivity contribution in [3.05, 3.63) is 64.7 Å². The van der Waals surface area contributed by atoms with E-state index in [-0.39, 0.29) is 5.91 Å². The number of carbonyl (C=O) groups is 1. The van der Waals surface area contributed by atoms with Crippen LogP contribution in [0.25, 0.3) is 0 Å². The molecule has 0 radical (unpaired) electrons. The fourth-order valence-corrected chi connectivity index (χ4v) is 3.03. The minimum atomic E-state index is -0.0148. The number of benzene rings is 2. The van der Waals surface area contributed by atoms with Crippen LogP contribution in [-0.2, 0) is 0 Å². The lowest BCUT2D eigenvalue weighted by molar-refractivity contribution is 0.0988. The zero-order valence-corrected chi connectivity index (χ0v) is 12.1. The van der Waals surface area contributed by atoms with Gasteiger partial charge in [-0.3, -0.25) is 4.79 Å². The third-order valence-corrected chi connectivity index (χ3v) is 4.24. The topological polar surface area (TPSA) is 20.3 Å². The molecule has 0 aromatic heterocycles. The molecule has 20 heavy (non-hydrogen) atoms. The maximum absolute atomic E-state index is 12.7. The van der Waals surface area contributed by atoms with Crippen LogP contribution in [0.4, 0.5) is 5.69 Å². The van der Waals surface area contributed by atoms with E-state index in [1.54, 1.807) is 12.1 Å². The molecule has 3 rings (SSSR count). The summed E-state index contributed by atoms with van der Waals surface area (Å²) >= 11 is 6.15. The lowest BCUT2D eigenvalue weighted by Crippen LogP contribution is -2.29. The molecule has 1 unspecified atom stereocenters. The highest BCUT2D eigenvalue weighted by Crippen LogP contribution is 2.38. The maximum atomic E-state index is 12.7. The largest absolute Gasteiger partial charge is 0.307 e. The van der Waals surface area contributed by atoms with E-state index < -0.39 is 0 Å². The maximum Gasteiger partial charge on any atom is 0.259 e. The number of halogens is 1. The van der Waals surface area contributed by atoms with E-state index in [9.17, 15) is 4.79 Å². The summed E-state index contributed by atoms with van der Waals surface area (Å²) < 4.78 is 0. The highest BCUT2D eigenvalue weighted by molar-refractivity contribution is 6.34. The number of anilines is 1. The zero-order chi connectivity index (χ0) is 14.1. The Morgan fingerprint density at radius 3 is 2.65 bits per heavy atom. The minimum absolute atomic E-state index is 0.0148. The molecule has 2 aromatic rings. The first-order valence-corrected chi connectivity index (χ1v) is 7.25. The van der Waals surface area contributed by atoms with E-state index in [0.29, 0.717) is 16.5 Å². The first-order chi connectivity index (χ1) is 9.72. The van der Waals surface area contributed by atoms with Crippen molar-refractivity contribution in [2.75, 3.05) is 11.4 Å². The van der Waals surface area contributed by atoms with Gasteiger partial charge in [0.15, 0.2) is 0 Å². The average molecular weight is 286 g/mol. The number of hydrogen-bond donors (Lipinski definition) is 0. The second-order valence-electron chi connectivity index (χ2n) is 5.06. The predicted molar refractivity (Wildman–Crippen MR) is 82.6 cm³/mol. The third kappa shape index (κ3) is 2.10. The Hall–Kier alpha value is -1.80. The molecule has 1 aliphatic rings. The Balaban J connectivity index is 2.00. The van der Waals surface area contributed by atoms with Gasteiger partial charge in [0, 0.05) is 18.2 Å². The van der Waals surface area contributed by atoms with Gasteiger partial charge in [-0.1, -0.05) is 48.9 Å². The fraction of sp³-hybridized carbons (Fsp3) is 0.235. The lowest BCUT2D eigenvalue weighted by atomic mass is 9.99. The number of amides is 1. The van der Waals surface area contributed by atoms with Crippen LogP contribution in [0.1, 0.15) is 35.2 Å². The number of hydrogen-bond acceptors (Lipinski definition) is 1. The number of rotatable bonds is 2. The Labute approximate surface area is 124 Å². The molecule has 0 aliphatic carbocycles. The third-order valence-electron chi connectivity index (χ3n) is 3.91. The summed E-state index contributed by atoms with van der Waals surface area (Å²) in [6.45, 7) is 2.89. The predicted octanol–water partition coefficient (Wildman–Crippen LogP) is 4.49. The van der Waals surface area contributed by atoms with Crippen molar-refractivity contribution in [2.45, 2.75) is 19.3 Å². The Bertz CT molecular complexity index is 653. The van der Waals surface area contributed by atoms with Crippen LogP contribution in [0.15, 0.2) is 48.5 Å². The molecule has 1 aliphatic heterocycles. The molecule has 1 heterocycles. The molecule has 1 amide bonds. The SMILES string of the molecule is CCC1CN(C(=O)c2ccccc2Cl)c2ccccc21. The van der Waals surface area contributed by atoms with Gasteiger partial charge in [0.05, 0.1) is 10.6 Å². The first-order valence-electron chi connectivity index (χ1n) is 6.87. The van der Waals surface area contributed by atoms with Gasteiger partial charge in [-0.15, -0.1) is 0 Å². The second kappa shape index (κ2) is 5.29. The molecule has 2 nitrogen and oxygen atoms in total. The van der Waals surface area contributed by atoms with Gasteiger partial charge in [-0.25, -0.2) is 0 Å². The monoisotopic (exact) mass is 285 g/mol. The van der Waals surface area contributed by atoms with E-state index in [4.69, 9.17) is 11.6 Å². The molecule has 0 spiro atoms. The number of para-hydroxylation sites is 1. The minimum Gasteiger partial charge on any atom is -0.307 e. The van der Waals surface area contributed by atoms with E-state index in [0.717, 1.165) is 18.7 Å². The summed E-state index contributed by atoms with van der Waals surface area (Å²) in [7, 11) is 0. The van der Waals surface area contributed by atoms with Crippen molar-refractivity contribution in [1.82, 2.24) is 0 Å². The van der Waals surface area contributed by atoms with Crippen LogP contribution in [0.5, 0.6) is 0 Å². The highest BCUT2D eigenvalue weighted by Gasteiger charge is 2.32. The van der Waals surface area contributed by atoms with Crippen LogP contribution in [0.2, 0.25) is 5.02 Å². The summed E-state index contributed by atoms with van der Waals surface area (Å²) in [5.41, 5.74) is 2.85. The molecule has 0 N–H and O–H groups in total. The molecular formula is C17H16ClNO. The molecule has 102 valence electrons. The van der Waals surface area contributed by atoms with Crippen LogP contribution in [0, 0.1) is 0 Å². The van der Waals surface area contributed by atoms with Gasteiger partial charge in [-0.2, -0.15) is 0 Å². The molecular weight excluding hydrogens is 270 g/mol. The van der Waals surface area contributed by atoms with Crippen LogP contribution in [-0.4, -0.2) is 12.5 Å². The molecule has 3 heteroatoms. The number of nitrogens with zero attached hydrogens (tertiary/aromatic N) is 1. The van der Waals surface area contributed by atoms with Crippen molar-refractivity contribution >= 4 is 23.2 Å². The Kier molecular flexibility index (Phi) is 3.49. The lowest BCUT2D eigenvalue weighted by Gasteiger charge is -2.18. The molecule has 0 fully saturated rings. The molecule has 1 atom stereocenters. The summed E-state index contributed by atoms with van der Waals surface area (Å²) in [6.07, 6.45) is 1.03. The molecule has 2 aromatic carbocycles. The van der Waals surface area contributed by atoms with Crippen LogP contribution in [0.3, 0.4) is 0 Å². The number of carbonyl (C=O) groups excluding carboxylic acids is 1. The van der Waals surface area contributed by atoms with Gasteiger partial charge in [-0.05, 0) is 30.2 Å². The molecule has 0 saturated heterocycles. The summed E-state index contributed by atoms with van der Waals surface area (Å²) in [5.74, 6) is 0.400. The molecule has 0 bridgehead atoms. The Morgan fingerprint density at radius 2 is 1.90 bits per heavy atom. The van der Waals surface area contributed by atoms with Crippen LogP contribution >= 0.6 is 11.6 Å². The summed E-state index contributed by atoms with van der Waals surface area (Å²) in [5, 5.41) is 0.509. The van der Waals surface area contributed by atoms with E-state index in [2.05, 4.69) is 13.0 Å². The highest BCUT2D eigenvalue weighted by atomic mass is 35.5. The average Bonchev–Trinajstić information content (AvgIpc) is 2.86. The van der Waals surface area contributed by atoms with Crippen LogP contribution < -0.4 is 4.90 Å². The molecule has 0 saturated carbocycles. The standard InChI is InChI=1S/C17H16ClNO/c1-2-12-11-19(16-10-6-4-7-13(12)16)17(20)14-8-3-5-9-15(14)18/h3-10,12H,2,11H2,1H3. The van der Waals surface area contributed by atoms with E-state index in [1.165, 1.54) is 5.56 Å². The summed E-state index contributed by atoms with van der Waals surface area (Å²) in [6, 6.07) is 15.4. The number of fused-ring (bicyclic) bond motifs is 1.